The largest absolute Gasteiger partial charge is 0.393 e. The van der Waals surface area contributed by atoms with Crippen molar-refractivity contribution < 1.29 is 9.84 Å². The Morgan fingerprint density at radius 3 is 3.00 bits per heavy atom. The van der Waals surface area contributed by atoms with Gasteiger partial charge in [0.15, 0.2) is 0 Å². The third kappa shape index (κ3) is 4.07. The average molecular weight is 187 g/mol. The Bertz CT molecular complexity index is 139. The smallest absolute Gasteiger partial charge is 0.0698 e. The maximum atomic E-state index is 9.15. The maximum absolute atomic E-state index is 9.15. The minimum absolute atomic E-state index is 0.178. The van der Waals surface area contributed by atoms with Gasteiger partial charge in [-0.3, -0.25) is 0 Å². The monoisotopic (exact) mass is 187 g/mol. The molecule has 1 aliphatic heterocycles. The number of ether oxygens (including phenoxy) is 1. The first-order valence-corrected chi connectivity index (χ1v) is 5.15. The second-order valence-electron chi connectivity index (χ2n) is 3.94. The number of aliphatic hydroxyl groups is 1. The molecular weight excluding hydrogens is 166 g/mol. The van der Waals surface area contributed by atoms with Gasteiger partial charge in [0.1, 0.15) is 0 Å². The molecule has 0 aromatic carbocycles. The molecule has 0 amide bonds. The molecule has 1 N–H and O–H groups in total. The Kier molecular flexibility index (Phi) is 4.70. The van der Waals surface area contributed by atoms with Crippen LogP contribution >= 0.6 is 0 Å². The normalized spacial score (nSPS) is 27.5. The van der Waals surface area contributed by atoms with E-state index in [0.29, 0.717) is 6.10 Å². The molecule has 0 radical (unpaired) electrons. The van der Waals surface area contributed by atoms with Crippen LogP contribution in [0.25, 0.3) is 0 Å². The first-order chi connectivity index (χ1) is 6.22. The lowest BCUT2D eigenvalue weighted by Crippen LogP contribution is -2.40. The summed E-state index contributed by atoms with van der Waals surface area (Å²) in [4.78, 5) is 2.38. The van der Waals surface area contributed by atoms with Crippen molar-refractivity contribution in [2.24, 2.45) is 0 Å². The van der Waals surface area contributed by atoms with Crippen LogP contribution in [0.1, 0.15) is 26.2 Å². The molecule has 0 spiro atoms. The van der Waals surface area contributed by atoms with Gasteiger partial charge < -0.3 is 14.7 Å². The van der Waals surface area contributed by atoms with E-state index < -0.39 is 0 Å². The van der Waals surface area contributed by atoms with E-state index in [2.05, 4.69) is 4.90 Å². The highest BCUT2D eigenvalue weighted by Gasteiger charge is 2.18. The molecule has 13 heavy (non-hydrogen) atoms. The van der Waals surface area contributed by atoms with Crippen molar-refractivity contribution in [2.75, 3.05) is 26.7 Å². The zero-order valence-corrected chi connectivity index (χ0v) is 8.70. The zero-order valence-electron chi connectivity index (χ0n) is 8.70. The molecule has 0 aliphatic carbocycles. The minimum atomic E-state index is -0.178. The number of piperidine rings is 1. The first-order valence-electron chi connectivity index (χ1n) is 5.15. The molecule has 1 rings (SSSR count). The van der Waals surface area contributed by atoms with E-state index in [1.807, 2.05) is 6.92 Å². The number of nitrogens with zero attached hydrogens (tertiary/aromatic N) is 1. The lowest BCUT2D eigenvalue weighted by Gasteiger charge is -2.32. The van der Waals surface area contributed by atoms with Gasteiger partial charge in [-0.1, -0.05) is 0 Å². The van der Waals surface area contributed by atoms with Crippen molar-refractivity contribution >= 4 is 0 Å². The van der Waals surface area contributed by atoms with Crippen molar-refractivity contribution in [3.05, 3.63) is 0 Å². The Labute approximate surface area is 80.7 Å². The Balaban J connectivity index is 2.18. The fourth-order valence-electron chi connectivity index (χ4n) is 1.78. The molecule has 78 valence electrons. The fourth-order valence-corrected chi connectivity index (χ4v) is 1.78. The lowest BCUT2D eigenvalue weighted by molar-refractivity contribution is 0.0265. The predicted molar refractivity (Wildman–Crippen MR) is 52.8 cm³/mol. The number of hydrogen-bond acceptors (Lipinski definition) is 3. The Hall–Kier alpha value is -0.120. The molecule has 0 saturated carbocycles. The highest BCUT2D eigenvalue weighted by atomic mass is 16.5. The van der Waals surface area contributed by atoms with Crippen LogP contribution in [0, 0.1) is 0 Å². The van der Waals surface area contributed by atoms with Gasteiger partial charge in [0, 0.05) is 20.2 Å². The van der Waals surface area contributed by atoms with Gasteiger partial charge in [0.2, 0.25) is 0 Å². The molecule has 1 aliphatic rings. The second-order valence-corrected chi connectivity index (χ2v) is 3.94. The molecule has 0 aromatic rings. The van der Waals surface area contributed by atoms with Crippen LogP contribution in [0.5, 0.6) is 0 Å². The van der Waals surface area contributed by atoms with Gasteiger partial charge in [-0.15, -0.1) is 0 Å². The number of rotatable bonds is 4. The quantitative estimate of drug-likeness (QED) is 0.709. The Morgan fingerprint density at radius 2 is 2.38 bits per heavy atom. The number of likely N-dealkylation sites (tertiary alicyclic amines) is 1. The summed E-state index contributed by atoms with van der Waals surface area (Å²) >= 11 is 0. The number of hydrogen-bond donors (Lipinski definition) is 1. The van der Waals surface area contributed by atoms with Crippen LogP contribution in [0.2, 0.25) is 0 Å². The van der Waals surface area contributed by atoms with E-state index in [-0.39, 0.29) is 6.10 Å². The first kappa shape index (κ1) is 11.0. The lowest BCUT2D eigenvalue weighted by atomic mass is 10.1. The van der Waals surface area contributed by atoms with E-state index in [9.17, 15) is 0 Å². The summed E-state index contributed by atoms with van der Waals surface area (Å²) in [6, 6.07) is 0. The molecule has 1 fully saturated rings. The van der Waals surface area contributed by atoms with E-state index in [0.717, 1.165) is 26.1 Å². The zero-order chi connectivity index (χ0) is 9.68. The van der Waals surface area contributed by atoms with Crippen molar-refractivity contribution in [1.82, 2.24) is 4.90 Å². The molecular formula is C10H21NO2. The summed E-state index contributed by atoms with van der Waals surface area (Å²) in [5.41, 5.74) is 0. The van der Waals surface area contributed by atoms with Crippen LogP contribution in [-0.4, -0.2) is 49.0 Å². The van der Waals surface area contributed by atoms with Gasteiger partial charge in [-0.05, 0) is 32.7 Å². The van der Waals surface area contributed by atoms with Gasteiger partial charge in [0.25, 0.3) is 0 Å². The second kappa shape index (κ2) is 5.58. The number of methoxy groups -OCH3 is 1. The third-order valence-electron chi connectivity index (χ3n) is 2.66. The summed E-state index contributed by atoms with van der Waals surface area (Å²) in [7, 11) is 1.78. The molecule has 3 heteroatoms. The van der Waals surface area contributed by atoms with E-state index in [4.69, 9.17) is 9.84 Å². The summed E-state index contributed by atoms with van der Waals surface area (Å²) in [5, 5.41) is 9.15. The van der Waals surface area contributed by atoms with Crippen molar-refractivity contribution in [3.8, 4) is 0 Å². The van der Waals surface area contributed by atoms with Crippen molar-refractivity contribution in [2.45, 2.75) is 38.4 Å². The molecule has 3 nitrogen and oxygen atoms in total. The van der Waals surface area contributed by atoms with E-state index in [1.165, 1.54) is 12.8 Å². The van der Waals surface area contributed by atoms with Crippen LogP contribution in [0.4, 0.5) is 0 Å². The van der Waals surface area contributed by atoms with Crippen LogP contribution in [-0.2, 0) is 4.74 Å². The predicted octanol–water partition coefficient (Wildman–Crippen LogP) is 0.868. The summed E-state index contributed by atoms with van der Waals surface area (Å²) in [5.74, 6) is 0. The van der Waals surface area contributed by atoms with Gasteiger partial charge in [-0.25, -0.2) is 0 Å². The number of aliphatic hydroxyl groups excluding tert-OH is 1. The van der Waals surface area contributed by atoms with Crippen LogP contribution in [0.15, 0.2) is 0 Å². The average Bonchev–Trinajstić information content (AvgIpc) is 2.15. The Morgan fingerprint density at radius 1 is 1.62 bits per heavy atom. The summed E-state index contributed by atoms with van der Waals surface area (Å²) < 4.78 is 5.32. The van der Waals surface area contributed by atoms with Gasteiger partial charge in [0.05, 0.1) is 12.2 Å². The van der Waals surface area contributed by atoms with E-state index in [1.54, 1.807) is 7.11 Å². The molecule has 1 saturated heterocycles. The molecule has 2 unspecified atom stereocenters. The topological polar surface area (TPSA) is 32.7 Å². The van der Waals surface area contributed by atoms with Crippen LogP contribution in [0.3, 0.4) is 0 Å². The highest BCUT2D eigenvalue weighted by molar-refractivity contribution is 4.73. The molecule has 0 bridgehead atoms. The van der Waals surface area contributed by atoms with Crippen molar-refractivity contribution in [1.29, 1.82) is 0 Å². The highest BCUT2D eigenvalue weighted by Crippen LogP contribution is 2.12. The third-order valence-corrected chi connectivity index (χ3v) is 2.66. The van der Waals surface area contributed by atoms with E-state index >= 15 is 0 Å². The van der Waals surface area contributed by atoms with Gasteiger partial charge >= 0.3 is 0 Å². The fraction of sp³-hybridized carbons (Fsp3) is 1.00. The molecule has 2 atom stereocenters. The molecule has 1 heterocycles. The van der Waals surface area contributed by atoms with Crippen molar-refractivity contribution in [3.63, 3.8) is 0 Å². The standard InChI is InChI=1S/C10H21NO2/c1-9(12)5-7-11-6-3-4-10(8-11)13-2/h9-10,12H,3-8H2,1-2H3. The SMILES string of the molecule is COC1CCCN(CCC(C)O)C1. The molecule has 0 aromatic heterocycles. The summed E-state index contributed by atoms with van der Waals surface area (Å²) in [6.07, 6.45) is 3.50. The maximum Gasteiger partial charge on any atom is 0.0698 e. The minimum Gasteiger partial charge on any atom is -0.393 e. The summed E-state index contributed by atoms with van der Waals surface area (Å²) in [6.45, 7) is 5.03. The van der Waals surface area contributed by atoms with Gasteiger partial charge in [-0.2, -0.15) is 0 Å². The van der Waals surface area contributed by atoms with Crippen LogP contribution < -0.4 is 0 Å².